The highest BCUT2D eigenvalue weighted by Crippen LogP contribution is 1.93. The van der Waals surface area contributed by atoms with Gasteiger partial charge in [-0.05, 0) is 27.7 Å². The Kier molecular flexibility index (Phi) is 21.7. The van der Waals surface area contributed by atoms with Gasteiger partial charge in [-0.15, -0.1) is 0 Å². The van der Waals surface area contributed by atoms with Crippen molar-refractivity contribution in [2.75, 3.05) is 60.0 Å². The van der Waals surface area contributed by atoms with Crippen molar-refractivity contribution in [3.63, 3.8) is 0 Å². The maximum absolute atomic E-state index is 8.55. The molecule has 0 heterocycles. The topological polar surface area (TPSA) is 66.4 Å². The van der Waals surface area contributed by atoms with Crippen LogP contribution in [0.4, 0.5) is 0 Å². The molecule has 0 aliphatic rings. The number of ether oxygens (including phenoxy) is 5. The summed E-state index contributed by atoms with van der Waals surface area (Å²) in [6, 6.07) is 0. The molecule has 0 amide bonds. The van der Waals surface area contributed by atoms with Crippen molar-refractivity contribution < 1.29 is 28.8 Å². The van der Waals surface area contributed by atoms with Gasteiger partial charge in [-0.2, -0.15) is 0 Å². The molecular weight excluding hydrogens is 276 g/mol. The lowest BCUT2D eigenvalue weighted by Crippen LogP contribution is -2.21. The van der Waals surface area contributed by atoms with Crippen molar-refractivity contribution in [2.45, 2.75) is 39.9 Å². The summed E-state index contributed by atoms with van der Waals surface area (Å²) in [7, 11) is 1.64. The summed E-state index contributed by atoms with van der Waals surface area (Å²) in [4.78, 5) is 0. The Bertz CT molecular complexity index is 162. The van der Waals surface area contributed by atoms with E-state index in [2.05, 4.69) is 0 Å². The lowest BCUT2D eigenvalue weighted by atomic mass is 10.4. The van der Waals surface area contributed by atoms with E-state index in [0.29, 0.717) is 33.0 Å². The lowest BCUT2D eigenvalue weighted by molar-refractivity contribution is -0.0313. The third-order valence-electron chi connectivity index (χ3n) is 2.43. The minimum atomic E-state index is -0.0856. The Hall–Kier alpha value is -0.240. The molecule has 0 aromatic rings. The first-order chi connectivity index (χ1) is 10.1. The Morgan fingerprint density at radius 2 is 1.29 bits per heavy atom. The zero-order chi connectivity index (χ0) is 16.3. The summed E-state index contributed by atoms with van der Waals surface area (Å²) >= 11 is 0. The molecule has 2 unspecified atom stereocenters. The molecule has 0 saturated heterocycles. The van der Waals surface area contributed by atoms with E-state index >= 15 is 0 Å². The van der Waals surface area contributed by atoms with Gasteiger partial charge in [0.2, 0.25) is 0 Å². The molecular formula is C15H34O6. The molecule has 21 heavy (non-hydrogen) atoms. The van der Waals surface area contributed by atoms with Crippen molar-refractivity contribution in [2.24, 2.45) is 0 Å². The normalized spacial score (nSPS) is 13.4. The molecule has 0 aliphatic heterocycles. The molecule has 0 aliphatic carbocycles. The van der Waals surface area contributed by atoms with Crippen LogP contribution >= 0.6 is 0 Å². The second kappa shape index (κ2) is 19.8. The van der Waals surface area contributed by atoms with Crippen LogP contribution in [0, 0.1) is 0 Å². The van der Waals surface area contributed by atoms with Crippen LogP contribution in [0.25, 0.3) is 0 Å². The van der Waals surface area contributed by atoms with E-state index in [-0.39, 0.29) is 18.8 Å². The smallest absolute Gasteiger partial charge is 0.0779 e. The molecule has 0 spiro atoms. The number of hydrogen-bond acceptors (Lipinski definition) is 6. The van der Waals surface area contributed by atoms with Crippen LogP contribution in [0.2, 0.25) is 0 Å². The second-order valence-corrected chi connectivity index (χ2v) is 4.38. The standard InChI is InChI=1S/C8H18O3.C7H16O3/c1-3-9-5-7-11-8-6-10-4-2;1-6(4-8)10-5-7(2)9-3/h3-8H2,1-2H3;6-8H,4-5H2,1-3H3. The highest BCUT2D eigenvalue weighted by molar-refractivity contribution is 4.49. The average Bonchev–Trinajstić information content (AvgIpc) is 2.52. The van der Waals surface area contributed by atoms with Gasteiger partial charge in [0.05, 0.1) is 51.8 Å². The van der Waals surface area contributed by atoms with Crippen LogP contribution in [-0.4, -0.2) is 77.3 Å². The molecule has 0 aromatic carbocycles. The Morgan fingerprint density at radius 3 is 1.67 bits per heavy atom. The van der Waals surface area contributed by atoms with Crippen molar-refractivity contribution in [1.82, 2.24) is 0 Å². The predicted molar refractivity (Wildman–Crippen MR) is 82.8 cm³/mol. The number of rotatable bonds is 13. The zero-order valence-electron chi connectivity index (χ0n) is 14.3. The summed E-state index contributed by atoms with van der Waals surface area (Å²) in [5, 5.41) is 8.55. The first-order valence-corrected chi connectivity index (χ1v) is 7.60. The molecule has 0 aromatic heterocycles. The van der Waals surface area contributed by atoms with E-state index in [4.69, 9.17) is 28.8 Å². The fourth-order valence-corrected chi connectivity index (χ4v) is 1.05. The van der Waals surface area contributed by atoms with Gasteiger partial charge in [-0.3, -0.25) is 0 Å². The summed E-state index contributed by atoms with van der Waals surface area (Å²) in [5.74, 6) is 0. The molecule has 1 N–H and O–H groups in total. The van der Waals surface area contributed by atoms with E-state index in [0.717, 1.165) is 13.2 Å². The SMILES string of the molecule is CCOCCOCCOCC.COC(C)COC(C)CO. The van der Waals surface area contributed by atoms with Crippen LogP contribution in [0.3, 0.4) is 0 Å². The molecule has 0 saturated carbocycles. The highest BCUT2D eigenvalue weighted by atomic mass is 16.5. The van der Waals surface area contributed by atoms with Crippen LogP contribution in [0.1, 0.15) is 27.7 Å². The monoisotopic (exact) mass is 310 g/mol. The number of hydrogen-bond donors (Lipinski definition) is 1. The van der Waals surface area contributed by atoms with Gasteiger partial charge in [-0.1, -0.05) is 0 Å². The third kappa shape index (κ3) is 22.2. The van der Waals surface area contributed by atoms with Crippen molar-refractivity contribution >= 4 is 0 Å². The van der Waals surface area contributed by atoms with Crippen LogP contribution < -0.4 is 0 Å². The number of aliphatic hydroxyl groups is 1. The first-order valence-electron chi connectivity index (χ1n) is 7.60. The summed E-state index contributed by atoms with van der Waals surface area (Å²) in [6.45, 7) is 12.5. The average molecular weight is 310 g/mol. The number of aliphatic hydroxyl groups excluding tert-OH is 1. The molecule has 0 bridgehead atoms. The zero-order valence-corrected chi connectivity index (χ0v) is 14.3. The number of methoxy groups -OCH3 is 1. The molecule has 130 valence electrons. The molecule has 6 nitrogen and oxygen atoms in total. The van der Waals surface area contributed by atoms with E-state index in [1.807, 2.05) is 27.7 Å². The van der Waals surface area contributed by atoms with Gasteiger partial charge in [0.1, 0.15) is 0 Å². The second-order valence-electron chi connectivity index (χ2n) is 4.38. The van der Waals surface area contributed by atoms with Gasteiger partial charge in [0, 0.05) is 20.3 Å². The minimum absolute atomic E-state index is 0.0659. The first kappa shape index (κ1) is 23.0. The van der Waals surface area contributed by atoms with Crippen LogP contribution in [0.15, 0.2) is 0 Å². The maximum atomic E-state index is 8.55. The summed E-state index contributed by atoms with van der Waals surface area (Å²) < 4.78 is 25.4. The van der Waals surface area contributed by atoms with Crippen molar-refractivity contribution in [3.05, 3.63) is 0 Å². The Balaban J connectivity index is 0. The molecule has 6 heteroatoms. The Labute approximate surface area is 129 Å². The van der Waals surface area contributed by atoms with Gasteiger partial charge < -0.3 is 28.8 Å². The summed E-state index contributed by atoms with van der Waals surface area (Å²) in [6.07, 6.45) is 0.0200. The Morgan fingerprint density at radius 1 is 0.810 bits per heavy atom. The van der Waals surface area contributed by atoms with Crippen molar-refractivity contribution in [3.8, 4) is 0 Å². The quantitative estimate of drug-likeness (QED) is 0.520. The molecule has 0 radical (unpaired) electrons. The van der Waals surface area contributed by atoms with E-state index in [1.165, 1.54) is 0 Å². The fourth-order valence-electron chi connectivity index (χ4n) is 1.05. The van der Waals surface area contributed by atoms with Gasteiger partial charge in [0.25, 0.3) is 0 Å². The maximum Gasteiger partial charge on any atom is 0.0779 e. The van der Waals surface area contributed by atoms with Gasteiger partial charge in [-0.25, -0.2) is 0 Å². The predicted octanol–water partition coefficient (Wildman–Crippen LogP) is 1.49. The van der Waals surface area contributed by atoms with E-state index in [1.54, 1.807) is 7.11 Å². The van der Waals surface area contributed by atoms with Gasteiger partial charge >= 0.3 is 0 Å². The molecule has 2 atom stereocenters. The van der Waals surface area contributed by atoms with Crippen LogP contribution in [0.5, 0.6) is 0 Å². The fraction of sp³-hybridized carbons (Fsp3) is 1.00. The summed E-state index contributed by atoms with van der Waals surface area (Å²) in [5.41, 5.74) is 0. The van der Waals surface area contributed by atoms with Crippen molar-refractivity contribution in [1.29, 1.82) is 0 Å². The molecule has 0 rings (SSSR count). The van der Waals surface area contributed by atoms with E-state index in [9.17, 15) is 0 Å². The van der Waals surface area contributed by atoms with Gasteiger partial charge in [0.15, 0.2) is 0 Å². The lowest BCUT2D eigenvalue weighted by Gasteiger charge is -2.13. The van der Waals surface area contributed by atoms with E-state index < -0.39 is 0 Å². The third-order valence-corrected chi connectivity index (χ3v) is 2.43. The largest absolute Gasteiger partial charge is 0.394 e. The van der Waals surface area contributed by atoms with Crippen LogP contribution in [-0.2, 0) is 23.7 Å². The highest BCUT2D eigenvalue weighted by Gasteiger charge is 2.03. The minimum Gasteiger partial charge on any atom is -0.394 e. The molecule has 0 fully saturated rings.